The Kier molecular flexibility index (Phi) is 5.95. The summed E-state index contributed by atoms with van der Waals surface area (Å²) in [5, 5.41) is -0.180. The number of fused-ring (bicyclic) bond motifs is 2. The molecule has 0 heterocycles. The van der Waals surface area contributed by atoms with E-state index in [0.717, 1.165) is 42.7 Å². The molecule has 2 aromatic carbocycles. The third-order valence-electron chi connectivity index (χ3n) is 7.11. The smallest absolute Gasteiger partial charge is 0.403 e. The van der Waals surface area contributed by atoms with Gasteiger partial charge in [0.25, 0.3) is 0 Å². The van der Waals surface area contributed by atoms with Crippen LogP contribution in [0.5, 0.6) is 5.75 Å². The molecule has 0 N–H and O–H groups in total. The molecule has 2 aliphatic carbocycles. The molecule has 0 bridgehead atoms. The summed E-state index contributed by atoms with van der Waals surface area (Å²) in [6.07, 6.45) is 4.39. The van der Waals surface area contributed by atoms with E-state index in [-0.39, 0.29) is 11.3 Å². The van der Waals surface area contributed by atoms with E-state index in [9.17, 15) is 22.0 Å². The summed E-state index contributed by atoms with van der Waals surface area (Å²) >= 11 is 0. The first-order valence-corrected chi connectivity index (χ1v) is 10.9. The molecule has 0 saturated heterocycles. The van der Waals surface area contributed by atoms with Gasteiger partial charge < -0.3 is 4.74 Å². The SMILES string of the molecule is CCCC1CCC2CC(c3cc(F)c4c(F)c(OC(F)(F)F)ccc4c3)CCC2C1. The highest BCUT2D eigenvalue weighted by atomic mass is 19.4. The quantitative estimate of drug-likeness (QED) is 0.449. The van der Waals surface area contributed by atoms with Crippen molar-refractivity contribution in [2.24, 2.45) is 17.8 Å². The van der Waals surface area contributed by atoms with Crippen molar-refractivity contribution >= 4 is 10.8 Å². The van der Waals surface area contributed by atoms with Crippen LogP contribution in [-0.4, -0.2) is 6.36 Å². The van der Waals surface area contributed by atoms with Crippen LogP contribution in [0.15, 0.2) is 24.3 Å². The van der Waals surface area contributed by atoms with Crippen molar-refractivity contribution < 1.29 is 26.7 Å². The highest BCUT2D eigenvalue weighted by Gasteiger charge is 2.36. The van der Waals surface area contributed by atoms with Gasteiger partial charge in [0.2, 0.25) is 0 Å². The van der Waals surface area contributed by atoms with Crippen molar-refractivity contribution in [1.82, 2.24) is 0 Å². The largest absolute Gasteiger partial charge is 0.573 e. The Morgan fingerprint density at radius 3 is 2.43 bits per heavy atom. The first-order valence-electron chi connectivity index (χ1n) is 10.9. The van der Waals surface area contributed by atoms with E-state index in [1.165, 1.54) is 44.2 Å². The summed E-state index contributed by atoms with van der Waals surface area (Å²) < 4.78 is 70.3. The van der Waals surface area contributed by atoms with Crippen LogP contribution in [0.4, 0.5) is 22.0 Å². The third-order valence-corrected chi connectivity index (χ3v) is 7.11. The van der Waals surface area contributed by atoms with Gasteiger partial charge in [-0.1, -0.05) is 38.3 Å². The molecule has 6 heteroatoms. The van der Waals surface area contributed by atoms with Gasteiger partial charge >= 0.3 is 6.36 Å². The fourth-order valence-corrected chi connectivity index (χ4v) is 5.77. The molecule has 30 heavy (non-hydrogen) atoms. The van der Waals surface area contributed by atoms with Crippen LogP contribution in [0.2, 0.25) is 0 Å². The van der Waals surface area contributed by atoms with Crippen molar-refractivity contribution in [3.63, 3.8) is 0 Å². The second-order valence-corrected chi connectivity index (χ2v) is 9.02. The van der Waals surface area contributed by atoms with Crippen LogP contribution in [0, 0.1) is 29.4 Å². The van der Waals surface area contributed by atoms with Crippen LogP contribution in [-0.2, 0) is 0 Å². The summed E-state index contributed by atoms with van der Waals surface area (Å²) in [6, 6.07) is 5.25. The van der Waals surface area contributed by atoms with E-state index >= 15 is 0 Å². The lowest BCUT2D eigenvalue weighted by Gasteiger charge is -2.42. The van der Waals surface area contributed by atoms with Gasteiger partial charge in [-0.3, -0.25) is 0 Å². The minimum absolute atomic E-state index is 0.210. The van der Waals surface area contributed by atoms with Crippen LogP contribution >= 0.6 is 0 Å². The second kappa shape index (κ2) is 8.35. The predicted octanol–water partition coefficient (Wildman–Crippen LogP) is 8.12. The number of rotatable bonds is 4. The molecule has 0 aliphatic heterocycles. The fraction of sp³-hybridized carbons (Fsp3) is 0.583. The van der Waals surface area contributed by atoms with Crippen molar-refractivity contribution in [1.29, 1.82) is 0 Å². The molecule has 0 aromatic heterocycles. The Bertz CT molecular complexity index is 907. The zero-order valence-electron chi connectivity index (χ0n) is 17.1. The normalized spacial score (nSPS) is 27.1. The van der Waals surface area contributed by atoms with Crippen LogP contribution in [0.1, 0.15) is 69.8 Å². The Labute approximate surface area is 173 Å². The first kappa shape index (κ1) is 21.4. The first-order chi connectivity index (χ1) is 14.2. The van der Waals surface area contributed by atoms with Gasteiger partial charge in [0, 0.05) is 0 Å². The minimum atomic E-state index is -5.03. The summed E-state index contributed by atoms with van der Waals surface area (Å²) in [5.74, 6) is -0.713. The van der Waals surface area contributed by atoms with E-state index < -0.39 is 29.1 Å². The van der Waals surface area contributed by atoms with Crippen molar-refractivity contribution in [2.45, 2.75) is 70.6 Å². The summed E-state index contributed by atoms with van der Waals surface area (Å²) in [5.41, 5.74) is 0.818. The standard InChI is InChI=1S/C24H27F5O/c1-2-3-14-4-5-16-11-17(7-6-15(16)10-14)19-12-18-8-9-21(30-24(27,28)29)23(26)22(18)20(25)13-19/h8-9,12-17H,2-7,10-11H2,1H3. The highest BCUT2D eigenvalue weighted by Crippen LogP contribution is 2.49. The molecule has 2 aliphatic rings. The lowest BCUT2D eigenvalue weighted by atomic mass is 9.63. The van der Waals surface area contributed by atoms with Gasteiger partial charge in [-0.2, -0.15) is 0 Å². The zero-order chi connectivity index (χ0) is 21.5. The van der Waals surface area contributed by atoms with Crippen molar-refractivity contribution in [3.05, 3.63) is 41.5 Å². The Hall–Kier alpha value is -1.85. The molecule has 4 unspecified atom stereocenters. The molecule has 2 fully saturated rings. The van der Waals surface area contributed by atoms with E-state index in [4.69, 9.17) is 0 Å². The van der Waals surface area contributed by atoms with Gasteiger partial charge in [-0.15, -0.1) is 13.2 Å². The van der Waals surface area contributed by atoms with E-state index in [0.29, 0.717) is 5.92 Å². The van der Waals surface area contributed by atoms with E-state index in [1.54, 1.807) is 6.07 Å². The van der Waals surface area contributed by atoms with Gasteiger partial charge in [-0.05, 0) is 78.9 Å². The molecule has 1 nitrogen and oxygen atoms in total. The number of hydrogen-bond acceptors (Lipinski definition) is 1. The average molecular weight is 426 g/mol. The van der Waals surface area contributed by atoms with E-state index in [2.05, 4.69) is 11.7 Å². The summed E-state index contributed by atoms with van der Waals surface area (Å²) in [6.45, 7) is 2.23. The Balaban J connectivity index is 1.55. The van der Waals surface area contributed by atoms with E-state index in [1.807, 2.05) is 0 Å². The van der Waals surface area contributed by atoms with Crippen LogP contribution in [0.3, 0.4) is 0 Å². The molecule has 0 spiro atoms. The number of alkyl halides is 3. The molecular formula is C24H27F5O. The monoisotopic (exact) mass is 426 g/mol. The van der Waals surface area contributed by atoms with Gasteiger partial charge in [0.05, 0.1) is 5.39 Å². The Morgan fingerprint density at radius 1 is 0.967 bits per heavy atom. The maximum Gasteiger partial charge on any atom is 0.573 e. The van der Waals surface area contributed by atoms with Gasteiger partial charge in [-0.25, -0.2) is 8.78 Å². The van der Waals surface area contributed by atoms with Gasteiger partial charge in [0.1, 0.15) is 5.82 Å². The van der Waals surface area contributed by atoms with Gasteiger partial charge in [0.15, 0.2) is 11.6 Å². The second-order valence-electron chi connectivity index (χ2n) is 9.02. The van der Waals surface area contributed by atoms with Crippen molar-refractivity contribution in [2.75, 3.05) is 0 Å². The summed E-state index contributed by atoms with van der Waals surface area (Å²) in [4.78, 5) is 0. The summed E-state index contributed by atoms with van der Waals surface area (Å²) in [7, 11) is 0. The van der Waals surface area contributed by atoms with Crippen LogP contribution < -0.4 is 4.74 Å². The lowest BCUT2D eigenvalue weighted by molar-refractivity contribution is -0.275. The molecule has 0 amide bonds. The molecule has 2 saturated carbocycles. The Morgan fingerprint density at radius 2 is 1.70 bits per heavy atom. The predicted molar refractivity (Wildman–Crippen MR) is 106 cm³/mol. The molecule has 4 atom stereocenters. The number of halogens is 5. The third kappa shape index (κ3) is 4.42. The number of hydrogen-bond donors (Lipinski definition) is 0. The fourth-order valence-electron chi connectivity index (χ4n) is 5.77. The topological polar surface area (TPSA) is 9.23 Å². The minimum Gasteiger partial charge on any atom is -0.403 e. The van der Waals surface area contributed by atoms with Crippen LogP contribution in [0.25, 0.3) is 10.8 Å². The maximum atomic E-state index is 14.8. The molecule has 0 radical (unpaired) electrons. The number of benzene rings is 2. The molecule has 4 rings (SSSR count). The average Bonchev–Trinajstić information content (AvgIpc) is 2.68. The lowest BCUT2D eigenvalue weighted by Crippen LogP contribution is -2.30. The zero-order valence-corrected chi connectivity index (χ0v) is 17.1. The molecule has 2 aromatic rings. The van der Waals surface area contributed by atoms with Crippen molar-refractivity contribution in [3.8, 4) is 5.75 Å². The molecular weight excluding hydrogens is 399 g/mol. The number of ether oxygens (including phenoxy) is 1. The molecule has 164 valence electrons. The highest BCUT2D eigenvalue weighted by molar-refractivity contribution is 5.86. The maximum absolute atomic E-state index is 14.8.